The number of nitrogens with one attached hydrogen (secondary N) is 1. The monoisotopic (exact) mass is 467 g/mol. The van der Waals surface area contributed by atoms with Gasteiger partial charge in [0.15, 0.2) is 0 Å². The zero-order chi connectivity index (χ0) is 24.1. The lowest BCUT2D eigenvalue weighted by atomic mass is 9.93. The second-order valence-corrected chi connectivity index (χ2v) is 6.14. The van der Waals surface area contributed by atoms with Crippen LogP contribution in [0.5, 0.6) is 0 Å². The summed E-state index contributed by atoms with van der Waals surface area (Å²) in [5.41, 5.74) is -0.521. The molecule has 30 heavy (non-hydrogen) atoms. The van der Waals surface area contributed by atoms with Gasteiger partial charge in [-0.3, -0.25) is 4.79 Å². The summed E-state index contributed by atoms with van der Waals surface area (Å²) in [6.07, 6.45) is -7.51. The highest BCUT2D eigenvalue weighted by Gasteiger charge is 2.91. The average molecular weight is 467 g/mol. The molecular weight excluding hydrogens is 457 g/mol. The van der Waals surface area contributed by atoms with Crippen molar-refractivity contribution in [2.24, 2.45) is 0 Å². The molecule has 172 valence electrons. The fourth-order valence-electron chi connectivity index (χ4n) is 1.98. The molecule has 0 bridgehead atoms. The average Bonchev–Trinajstić information content (AvgIpc) is 2.56. The number of alkyl halides is 13. The fourth-order valence-corrected chi connectivity index (χ4v) is 1.98. The first kappa shape index (κ1) is 25.8. The molecule has 0 heterocycles. The Morgan fingerprint density at radius 1 is 0.700 bits per heavy atom. The molecule has 1 aromatic carbocycles. The van der Waals surface area contributed by atoms with Gasteiger partial charge in [0.25, 0.3) is 0 Å². The van der Waals surface area contributed by atoms with Crippen LogP contribution in [0.15, 0.2) is 18.2 Å². The topological polar surface area (TPSA) is 29.1 Å². The summed E-state index contributed by atoms with van der Waals surface area (Å²) < 4.78 is 169. The van der Waals surface area contributed by atoms with E-state index < -0.39 is 47.4 Å². The Kier molecular flexibility index (Phi) is 6.18. The molecule has 0 saturated carbocycles. The maximum Gasteiger partial charge on any atom is 0.460 e. The first-order valence-electron chi connectivity index (χ1n) is 7.40. The van der Waals surface area contributed by atoms with Crippen molar-refractivity contribution in [3.8, 4) is 0 Å². The predicted octanol–water partition coefficient (Wildman–Crippen LogP) is 5.98. The van der Waals surface area contributed by atoms with Crippen LogP contribution in [-0.4, -0.2) is 41.7 Å². The molecule has 0 saturated heterocycles. The predicted molar refractivity (Wildman–Crippen MR) is 75.3 cm³/mol. The molecule has 15 heteroatoms. The highest BCUT2D eigenvalue weighted by molar-refractivity contribution is 5.97. The summed E-state index contributed by atoms with van der Waals surface area (Å²) in [6, 6.07) is 3.37. The molecular formula is C15H10F13NO. The van der Waals surface area contributed by atoms with Gasteiger partial charge in [0.05, 0.1) is 0 Å². The molecule has 1 N–H and O–H groups in total. The van der Waals surface area contributed by atoms with Crippen molar-refractivity contribution in [1.82, 2.24) is 0 Å². The maximum atomic E-state index is 13.7. The van der Waals surface area contributed by atoms with Gasteiger partial charge in [-0.15, -0.1) is 0 Å². The summed E-state index contributed by atoms with van der Waals surface area (Å²) in [4.78, 5) is 11.4. The zero-order valence-electron chi connectivity index (χ0n) is 14.6. The number of amides is 1. The van der Waals surface area contributed by atoms with E-state index in [4.69, 9.17) is 0 Å². The van der Waals surface area contributed by atoms with Crippen LogP contribution in [0.4, 0.5) is 62.8 Å². The number of aryl methyl sites for hydroxylation is 2. The van der Waals surface area contributed by atoms with Crippen LogP contribution in [0.25, 0.3) is 0 Å². The lowest BCUT2D eigenvalue weighted by Gasteiger charge is -2.39. The molecule has 0 aliphatic heterocycles. The van der Waals surface area contributed by atoms with Gasteiger partial charge in [0, 0.05) is 5.69 Å². The number of anilines is 1. The van der Waals surface area contributed by atoms with Gasteiger partial charge in [0.1, 0.15) is 0 Å². The Labute approximate surface area is 159 Å². The molecule has 0 fully saturated rings. The van der Waals surface area contributed by atoms with Gasteiger partial charge in [-0.05, 0) is 31.0 Å². The molecule has 0 aromatic heterocycles. The lowest BCUT2D eigenvalue weighted by Crippen LogP contribution is -2.71. The third kappa shape index (κ3) is 3.66. The van der Waals surface area contributed by atoms with Gasteiger partial charge < -0.3 is 5.32 Å². The van der Waals surface area contributed by atoms with E-state index in [1.54, 1.807) is 0 Å². The number of rotatable bonds is 6. The van der Waals surface area contributed by atoms with Crippen LogP contribution in [-0.2, 0) is 4.79 Å². The summed E-state index contributed by atoms with van der Waals surface area (Å²) in [7, 11) is 0. The molecule has 0 aliphatic carbocycles. The number of benzene rings is 1. The molecule has 1 aromatic rings. The van der Waals surface area contributed by atoms with Crippen molar-refractivity contribution in [2.45, 2.75) is 49.6 Å². The molecule has 0 radical (unpaired) electrons. The minimum atomic E-state index is -8.05. The standard InChI is InChI=1S/C15H10F13NO/c1-6-3-4-7(2)8(5-6)29-9(30)10(16,17)11(18,19)12(20,21)13(22,23)14(24,25)15(26,27)28/h3-5H,1-2H3,(H,29,30). The Hall–Kier alpha value is -2.22. The van der Waals surface area contributed by atoms with Crippen molar-refractivity contribution in [3.63, 3.8) is 0 Å². The van der Waals surface area contributed by atoms with Gasteiger partial charge in [-0.1, -0.05) is 12.1 Å². The molecule has 0 aliphatic rings. The first-order valence-corrected chi connectivity index (χ1v) is 7.40. The van der Waals surface area contributed by atoms with E-state index in [2.05, 4.69) is 0 Å². The number of hydrogen-bond donors (Lipinski definition) is 1. The van der Waals surface area contributed by atoms with Crippen molar-refractivity contribution in [3.05, 3.63) is 29.3 Å². The smallest absolute Gasteiger partial charge is 0.320 e. The maximum absolute atomic E-state index is 13.7. The Morgan fingerprint density at radius 2 is 1.13 bits per heavy atom. The zero-order valence-corrected chi connectivity index (χ0v) is 14.6. The van der Waals surface area contributed by atoms with E-state index in [1.807, 2.05) is 0 Å². The Balaban J connectivity index is 3.44. The van der Waals surface area contributed by atoms with E-state index in [1.165, 1.54) is 13.0 Å². The number of hydrogen-bond acceptors (Lipinski definition) is 1. The minimum absolute atomic E-state index is 0.0891. The third-order valence-electron chi connectivity index (χ3n) is 3.86. The minimum Gasteiger partial charge on any atom is -0.320 e. The van der Waals surface area contributed by atoms with E-state index >= 15 is 0 Å². The van der Waals surface area contributed by atoms with Gasteiger partial charge >= 0.3 is 41.7 Å². The van der Waals surface area contributed by atoms with Crippen LogP contribution in [0.1, 0.15) is 11.1 Å². The highest BCUT2D eigenvalue weighted by atomic mass is 19.4. The van der Waals surface area contributed by atoms with Crippen LogP contribution < -0.4 is 5.32 Å². The van der Waals surface area contributed by atoms with Crippen LogP contribution >= 0.6 is 0 Å². The summed E-state index contributed by atoms with van der Waals surface area (Å²) in [5, 5.41) is 1.03. The molecule has 0 unspecified atom stereocenters. The van der Waals surface area contributed by atoms with Crippen molar-refractivity contribution >= 4 is 11.6 Å². The molecule has 0 spiro atoms. The van der Waals surface area contributed by atoms with Gasteiger partial charge in [-0.2, -0.15) is 57.1 Å². The molecule has 1 rings (SSSR count). The fraction of sp³-hybridized carbons (Fsp3) is 0.533. The van der Waals surface area contributed by atoms with Crippen molar-refractivity contribution in [2.75, 3.05) is 5.32 Å². The van der Waals surface area contributed by atoms with Crippen molar-refractivity contribution < 1.29 is 61.9 Å². The third-order valence-corrected chi connectivity index (χ3v) is 3.86. The van der Waals surface area contributed by atoms with Crippen LogP contribution in [0.2, 0.25) is 0 Å². The quantitative estimate of drug-likeness (QED) is 0.513. The molecule has 0 atom stereocenters. The highest BCUT2D eigenvalue weighted by Crippen LogP contribution is 2.60. The normalized spacial score (nSPS) is 14.6. The number of halogens is 13. The van der Waals surface area contributed by atoms with E-state index in [-0.39, 0.29) is 11.1 Å². The number of carbonyl (C=O) groups is 1. The van der Waals surface area contributed by atoms with E-state index in [0.29, 0.717) is 0 Å². The molecule has 2 nitrogen and oxygen atoms in total. The summed E-state index contributed by atoms with van der Waals surface area (Å²) in [6.45, 7) is 2.44. The lowest BCUT2D eigenvalue weighted by molar-refractivity contribution is -0.435. The van der Waals surface area contributed by atoms with Crippen LogP contribution in [0.3, 0.4) is 0 Å². The van der Waals surface area contributed by atoms with E-state index in [9.17, 15) is 61.9 Å². The summed E-state index contributed by atoms with van der Waals surface area (Å²) >= 11 is 0. The first-order chi connectivity index (χ1) is 13.1. The number of carbonyl (C=O) groups excluding carboxylic acids is 1. The van der Waals surface area contributed by atoms with Gasteiger partial charge in [0.2, 0.25) is 0 Å². The summed E-state index contributed by atoms with van der Waals surface area (Å²) in [5.74, 6) is -41.7. The van der Waals surface area contributed by atoms with Crippen LogP contribution in [0, 0.1) is 13.8 Å². The van der Waals surface area contributed by atoms with Crippen molar-refractivity contribution in [1.29, 1.82) is 0 Å². The van der Waals surface area contributed by atoms with E-state index in [0.717, 1.165) is 24.4 Å². The second kappa shape index (κ2) is 7.18. The Bertz CT molecular complexity index is 813. The van der Waals surface area contributed by atoms with Gasteiger partial charge in [-0.25, -0.2) is 0 Å². The molecule has 1 amide bonds. The largest absolute Gasteiger partial charge is 0.460 e. The Morgan fingerprint density at radius 3 is 1.57 bits per heavy atom. The second-order valence-electron chi connectivity index (χ2n) is 6.14. The SMILES string of the molecule is Cc1ccc(C)c(NC(=O)C(F)(F)C(F)(F)C(F)(F)C(F)(F)C(F)(F)C(F)(F)F)c1.